The molecule has 0 saturated carbocycles. The van der Waals surface area contributed by atoms with Gasteiger partial charge in [-0.25, -0.2) is 4.98 Å². The largest absolute Gasteiger partial charge is 0.481 e. The number of aliphatic carboxylic acids is 1. The number of hydrogen-bond acceptors (Lipinski definition) is 4. The molecule has 152 valence electrons. The van der Waals surface area contributed by atoms with Crippen molar-refractivity contribution >= 4 is 22.9 Å². The van der Waals surface area contributed by atoms with Crippen LogP contribution in [0.1, 0.15) is 42.5 Å². The maximum absolute atomic E-state index is 13.3. The van der Waals surface area contributed by atoms with Crippen molar-refractivity contribution in [2.75, 3.05) is 19.7 Å². The van der Waals surface area contributed by atoms with Gasteiger partial charge < -0.3 is 19.3 Å². The first-order valence-corrected chi connectivity index (χ1v) is 8.79. The van der Waals surface area contributed by atoms with E-state index in [1.54, 1.807) is 13.8 Å². The van der Waals surface area contributed by atoms with Crippen LogP contribution in [0.3, 0.4) is 0 Å². The molecule has 0 spiro atoms. The number of hydrogen-bond donors (Lipinski definition) is 1. The lowest BCUT2D eigenvalue weighted by molar-refractivity contribution is -0.147. The van der Waals surface area contributed by atoms with Crippen LogP contribution in [0.2, 0.25) is 0 Å². The Balaban J connectivity index is 1.92. The lowest BCUT2D eigenvalue weighted by Crippen LogP contribution is -2.46. The molecule has 2 heterocycles. The fraction of sp³-hybridized carbons (Fsp3) is 0.500. The number of ether oxygens (including phenoxy) is 1. The summed E-state index contributed by atoms with van der Waals surface area (Å²) in [6.07, 6.45) is -5.45. The highest BCUT2D eigenvalue weighted by Gasteiger charge is 2.38. The Morgan fingerprint density at radius 3 is 2.68 bits per heavy atom. The summed E-state index contributed by atoms with van der Waals surface area (Å²) in [7, 11) is 0. The average Bonchev–Trinajstić information content (AvgIpc) is 3.00. The molecule has 1 amide bonds. The summed E-state index contributed by atoms with van der Waals surface area (Å²) in [6.45, 7) is 3.85. The molecule has 1 atom stereocenters. The van der Waals surface area contributed by atoms with E-state index in [0.717, 1.165) is 4.57 Å². The minimum atomic E-state index is -4.61. The minimum Gasteiger partial charge on any atom is -0.481 e. The van der Waals surface area contributed by atoms with E-state index in [1.807, 2.05) is 0 Å². The van der Waals surface area contributed by atoms with E-state index >= 15 is 0 Å². The molecule has 1 aromatic carbocycles. The lowest BCUT2D eigenvalue weighted by Gasteiger charge is -2.32. The minimum absolute atomic E-state index is 0.0854. The van der Waals surface area contributed by atoms with Crippen LogP contribution in [0.25, 0.3) is 11.0 Å². The molecule has 0 aliphatic carbocycles. The van der Waals surface area contributed by atoms with E-state index in [1.165, 1.54) is 23.1 Å². The van der Waals surface area contributed by atoms with E-state index in [2.05, 4.69) is 4.98 Å². The smallest absolute Gasteiger partial charge is 0.449 e. The van der Waals surface area contributed by atoms with Crippen molar-refractivity contribution in [3.63, 3.8) is 0 Å². The van der Waals surface area contributed by atoms with Crippen LogP contribution in [0.15, 0.2) is 18.2 Å². The maximum Gasteiger partial charge on any atom is 0.449 e. The number of fused-ring (bicyclic) bond motifs is 1. The van der Waals surface area contributed by atoms with Gasteiger partial charge in [0, 0.05) is 24.7 Å². The van der Waals surface area contributed by atoms with Crippen molar-refractivity contribution in [2.45, 2.75) is 38.6 Å². The Labute approximate surface area is 158 Å². The molecule has 0 unspecified atom stereocenters. The quantitative estimate of drug-likeness (QED) is 0.855. The zero-order valence-electron chi connectivity index (χ0n) is 15.4. The molecule has 1 aliphatic heterocycles. The molecule has 1 N–H and O–H groups in total. The van der Waals surface area contributed by atoms with Gasteiger partial charge in [0.2, 0.25) is 5.82 Å². The first kappa shape index (κ1) is 20.1. The molecule has 0 bridgehead atoms. The highest BCUT2D eigenvalue weighted by atomic mass is 19.4. The summed E-state index contributed by atoms with van der Waals surface area (Å²) in [4.78, 5) is 28.8. The number of imidazole rings is 1. The number of carboxylic acids is 1. The van der Waals surface area contributed by atoms with E-state index in [4.69, 9.17) is 9.84 Å². The van der Waals surface area contributed by atoms with Gasteiger partial charge in [0.15, 0.2) is 0 Å². The number of benzene rings is 1. The predicted molar refractivity (Wildman–Crippen MR) is 93.0 cm³/mol. The molecule has 1 saturated heterocycles. The molecule has 28 heavy (non-hydrogen) atoms. The SMILES string of the molecule is CC(C)n1c(C(F)(F)F)nc2cc(C(=O)N3CCO[C@@H](CC(=O)O)C3)ccc21. The average molecular weight is 399 g/mol. The van der Waals surface area contributed by atoms with Gasteiger partial charge in [0.25, 0.3) is 5.91 Å². The Morgan fingerprint density at radius 1 is 1.36 bits per heavy atom. The predicted octanol–water partition coefficient (Wildman–Crippen LogP) is 2.95. The zero-order chi connectivity index (χ0) is 20.6. The van der Waals surface area contributed by atoms with E-state index in [-0.39, 0.29) is 37.2 Å². The molecule has 10 heteroatoms. The number of nitrogens with zero attached hydrogens (tertiary/aromatic N) is 3. The van der Waals surface area contributed by atoms with Crippen LogP contribution in [-0.4, -0.2) is 57.2 Å². The van der Waals surface area contributed by atoms with Gasteiger partial charge in [-0.1, -0.05) is 0 Å². The van der Waals surface area contributed by atoms with Gasteiger partial charge in [-0.3, -0.25) is 9.59 Å². The molecule has 1 aromatic heterocycles. The fourth-order valence-corrected chi connectivity index (χ4v) is 3.36. The molecule has 1 aliphatic rings. The number of morpholine rings is 1. The Hall–Kier alpha value is -2.62. The Morgan fingerprint density at radius 2 is 2.07 bits per heavy atom. The van der Waals surface area contributed by atoms with Crippen LogP contribution < -0.4 is 0 Å². The molecule has 3 rings (SSSR count). The number of halogens is 3. The number of rotatable bonds is 4. The summed E-state index contributed by atoms with van der Waals surface area (Å²) in [5.41, 5.74) is 0.581. The van der Waals surface area contributed by atoms with Crippen molar-refractivity contribution in [3.05, 3.63) is 29.6 Å². The van der Waals surface area contributed by atoms with Crippen molar-refractivity contribution in [1.82, 2.24) is 14.5 Å². The molecular formula is C18H20F3N3O4. The van der Waals surface area contributed by atoms with Gasteiger partial charge in [-0.15, -0.1) is 0 Å². The van der Waals surface area contributed by atoms with Gasteiger partial charge in [-0.2, -0.15) is 13.2 Å². The number of carboxylic acid groups (broad SMARTS) is 1. The normalized spacial score (nSPS) is 18.1. The van der Waals surface area contributed by atoms with Crippen molar-refractivity contribution in [3.8, 4) is 0 Å². The lowest BCUT2D eigenvalue weighted by atomic mass is 10.1. The summed E-state index contributed by atoms with van der Waals surface area (Å²) in [5, 5.41) is 8.88. The second-order valence-corrected chi connectivity index (χ2v) is 6.94. The monoisotopic (exact) mass is 399 g/mol. The highest BCUT2D eigenvalue weighted by Crippen LogP contribution is 2.34. The Kier molecular flexibility index (Phi) is 5.33. The van der Waals surface area contributed by atoms with Gasteiger partial charge in [-0.05, 0) is 32.0 Å². The second-order valence-electron chi connectivity index (χ2n) is 6.94. The topological polar surface area (TPSA) is 84.7 Å². The van der Waals surface area contributed by atoms with Crippen molar-refractivity contribution in [2.24, 2.45) is 0 Å². The number of aromatic nitrogens is 2. The third-order valence-corrected chi connectivity index (χ3v) is 4.53. The zero-order valence-corrected chi connectivity index (χ0v) is 15.4. The third kappa shape index (κ3) is 3.96. The number of alkyl halides is 3. The first-order valence-electron chi connectivity index (χ1n) is 8.79. The molecule has 2 aromatic rings. The van der Waals surface area contributed by atoms with Crippen LogP contribution in [0, 0.1) is 0 Å². The third-order valence-electron chi connectivity index (χ3n) is 4.53. The van der Waals surface area contributed by atoms with Crippen molar-refractivity contribution in [1.29, 1.82) is 0 Å². The summed E-state index contributed by atoms with van der Waals surface area (Å²) < 4.78 is 46.4. The van der Waals surface area contributed by atoms with Gasteiger partial charge in [0.05, 0.1) is 30.2 Å². The summed E-state index contributed by atoms with van der Waals surface area (Å²) in [6, 6.07) is 3.81. The molecule has 7 nitrogen and oxygen atoms in total. The van der Waals surface area contributed by atoms with Crippen LogP contribution in [0.4, 0.5) is 13.2 Å². The van der Waals surface area contributed by atoms with Crippen LogP contribution >= 0.6 is 0 Å². The van der Waals surface area contributed by atoms with Crippen molar-refractivity contribution < 1.29 is 32.6 Å². The van der Waals surface area contributed by atoms with Crippen LogP contribution in [-0.2, 0) is 15.7 Å². The molecule has 0 radical (unpaired) electrons. The Bertz CT molecular complexity index is 907. The maximum atomic E-state index is 13.3. The molecular weight excluding hydrogens is 379 g/mol. The number of carbonyl (C=O) groups is 2. The fourth-order valence-electron chi connectivity index (χ4n) is 3.36. The summed E-state index contributed by atoms with van der Waals surface area (Å²) in [5.74, 6) is -2.43. The van der Waals surface area contributed by atoms with E-state index in [9.17, 15) is 22.8 Å². The van der Waals surface area contributed by atoms with E-state index < -0.39 is 36.0 Å². The molecule has 1 fully saturated rings. The van der Waals surface area contributed by atoms with Gasteiger partial charge >= 0.3 is 12.1 Å². The second kappa shape index (κ2) is 7.42. The standard InChI is InChI=1S/C18H20F3N3O4/c1-10(2)24-14-4-3-11(7-13(14)22-17(24)18(19,20)21)16(27)23-5-6-28-12(9-23)8-15(25)26/h3-4,7,10,12H,5-6,8-9H2,1-2H3,(H,25,26)/t12-/m0/s1. The summed E-state index contributed by atoms with van der Waals surface area (Å²) >= 11 is 0. The van der Waals surface area contributed by atoms with Gasteiger partial charge in [0.1, 0.15) is 0 Å². The number of carbonyl (C=O) groups excluding carboxylic acids is 1. The first-order chi connectivity index (χ1) is 13.1. The van der Waals surface area contributed by atoms with E-state index in [0.29, 0.717) is 5.52 Å². The van der Waals surface area contributed by atoms with Crippen LogP contribution in [0.5, 0.6) is 0 Å². The highest BCUT2D eigenvalue weighted by molar-refractivity contribution is 5.97. The number of amides is 1.